The molecular weight excluding hydrogens is 283 g/mol. The molecule has 0 fully saturated rings. The molecule has 0 heterocycles. The zero-order valence-corrected chi connectivity index (χ0v) is 13.1. The summed E-state index contributed by atoms with van der Waals surface area (Å²) in [4.78, 5) is 0. The van der Waals surface area contributed by atoms with Crippen LogP contribution in [0.4, 0.5) is 0 Å². The minimum absolute atomic E-state index is 0. The molecule has 0 saturated heterocycles. The van der Waals surface area contributed by atoms with Gasteiger partial charge < -0.3 is 0 Å². The van der Waals surface area contributed by atoms with E-state index in [0.717, 1.165) is 10.4 Å². The Morgan fingerprint density at radius 2 is 1.25 bits per heavy atom. The molecule has 0 radical (unpaired) electrons. The first-order valence-corrected chi connectivity index (χ1v) is 6.70. The summed E-state index contributed by atoms with van der Waals surface area (Å²) < 4.78 is 0. The molecule has 0 aromatic heterocycles. The number of hydrogen-bond acceptors (Lipinski definition) is 0. The topological polar surface area (TPSA) is 0 Å². The van der Waals surface area contributed by atoms with Crippen LogP contribution >= 0.6 is 21.5 Å². The second-order valence-electron chi connectivity index (χ2n) is 4.82. The number of rotatable bonds is 0. The first kappa shape index (κ1) is 13.4. The zero-order chi connectivity index (χ0) is 12.8. The molecule has 0 saturated carbocycles. The van der Waals surface area contributed by atoms with Gasteiger partial charge in [0.2, 0.25) is 0 Å². The number of fused-ring (bicyclic) bond motifs is 4. The molecule has 4 aromatic carbocycles. The standard InChI is InChI=1S/C18H11Cl.H3P/c19-17-7-3-6-12-8-9-15-10-13-4-1-2-5-14(13)11-16(15)18(12)17;/h1-11H;1H3. The summed E-state index contributed by atoms with van der Waals surface area (Å²) >= 11 is 6.39. The Morgan fingerprint density at radius 1 is 0.600 bits per heavy atom. The minimum atomic E-state index is 0. The van der Waals surface area contributed by atoms with Crippen molar-refractivity contribution < 1.29 is 0 Å². The van der Waals surface area contributed by atoms with E-state index in [1.54, 1.807) is 0 Å². The Kier molecular flexibility index (Phi) is 3.38. The van der Waals surface area contributed by atoms with Gasteiger partial charge >= 0.3 is 0 Å². The van der Waals surface area contributed by atoms with Gasteiger partial charge in [0.25, 0.3) is 0 Å². The lowest BCUT2D eigenvalue weighted by Crippen LogP contribution is -1.80. The van der Waals surface area contributed by atoms with Gasteiger partial charge in [-0.15, -0.1) is 0 Å². The molecule has 98 valence electrons. The van der Waals surface area contributed by atoms with Crippen LogP contribution in [0.3, 0.4) is 0 Å². The molecule has 0 nitrogen and oxygen atoms in total. The third-order valence-electron chi connectivity index (χ3n) is 3.68. The molecule has 4 aromatic rings. The van der Waals surface area contributed by atoms with Crippen LogP contribution in [0.15, 0.2) is 66.7 Å². The summed E-state index contributed by atoms with van der Waals surface area (Å²) in [6, 6.07) is 23.3. The highest BCUT2D eigenvalue weighted by Gasteiger charge is 2.05. The lowest BCUT2D eigenvalue weighted by atomic mass is 9.98. The van der Waals surface area contributed by atoms with Gasteiger partial charge in [0.15, 0.2) is 0 Å². The van der Waals surface area contributed by atoms with Crippen molar-refractivity contribution in [1.82, 2.24) is 0 Å². The van der Waals surface area contributed by atoms with Crippen molar-refractivity contribution in [3.63, 3.8) is 0 Å². The number of halogens is 1. The van der Waals surface area contributed by atoms with Crippen molar-refractivity contribution in [3.8, 4) is 0 Å². The van der Waals surface area contributed by atoms with Crippen LogP contribution in [0, 0.1) is 0 Å². The van der Waals surface area contributed by atoms with Crippen molar-refractivity contribution in [2.24, 2.45) is 0 Å². The van der Waals surface area contributed by atoms with Crippen molar-refractivity contribution in [3.05, 3.63) is 71.8 Å². The largest absolute Gasteiger partial charge is 0.153 e. The maximum atomic E-state index is 6.39. The Bertz CT molecular complexity index is 928. The molecule has 0 bridgehead atoms. The highest BCUT2D eigenvalue weighted by atomic mass is 35.5. The number of hydrogen-bond donors (Lipinski definition) is 0. The third-order valence-corrected chi connectivity index (χ3v) is 3.99. The first-order valence-electron chi connectivity index (χ1n) is 6.33. The number of benzene rings is 4. The second-order valence-corrected chi connectivity index (χ2v) is 5.23. The van der Waals surface area contributed by atoms with E-state index in [1.165, 1.54) is 26.9 Å². The highest BCUT2D eigenvalue weighted by molar-refractivity contribution is 6.92. The van der Waals surface area contributed by atoms with Gasteiger partial charge in [-0.1, -0.05) is 60.1 Å². The molecule has 0 aliphatic rings. The Balaban J connectivity index is 0.00000121. The second kappa shape index (κ2) is 5.05. The van der Waals surface area contributed by atoms with Crippen LogP contribution in [0.2, 0.25) is 5.02 Å². The summed E-state index contributed by atoms with van der Waals surface area (Å²) in [5.74, 6) is 0. The van der Waals surface area contributed by atoms with Crippen LogP contribution in [-0.2, 0) is 0 Å². The summed E-state index contributed by atoms with van der Waals surface area (Å²) in [5.41, 5.74) is 0. The average Bonchev–Trinajstić information content (AvgIpc) is 2.45. The average molecular weight is 297 g/mol. The summed E-state index contributed by atoms with van der Waals surface area (Å²) in [7, 11) is 0. The van der Waals surface area contributed by atoms with Gasteiger partial charge in [-0.05, 0) is 45.1 Å². The summed E-state index contributed by atoms with van der Waals surface area (Å²) in [5, 5.41) is 8.13. The fourth-order valence-electron chi connectivity index (χ4n) is 2.76. The normalized spacial score (nSPS) is 10.8. The third kappa shape index (κ3) is 1.97. The maximum absolute atomic E-state index is 6.39. The van der Waals surface area contributed by atoms with Gasteiger partial charge in [-0.3, -0.25) is 0 Å². The van der Waals surface area contributed by atoms with Crippen LogP contribution in [0.5, 0.6) is 0 Å². The Morgan fingerprint density at radius 3 is 2.05 bits per heavy atom. The van der Waals surface area contributed by atoms with Crippen molar-refractivity contribution >= 4 is 53.8 Å². The molecule has 0 spiro atoms. The quantitative estimate of drug-likeness (QED) is 0.217. The van der Waals surface area contributed by atoms with Crippen LogP contribution in [0.25, 0.3) is 32.3 Å². The van der Waals surface area contributed by atoms with Gasteiger partial charge in [-0.2, -0.15) is 9.90 Å². The highest BCUT2D eigenvalue weighted by Crippen LogP contribution is 2.33. The molecule has 0 aliphatic carbocycles. The molecule has 0 aliphatic heterocycles. The zero-order valence-electron chi connectivity index (χ0n) is 10.9. The lowest BCUT2D eigenvalue weighted by molar-refractivity contribution is 1.77. The minimum Gasteiger partial charge on any atom is -0.153 e. The molecular formula is C18H14ClP. The monoisotopic (exact) mass is 296 g/mol. The van der Waals surface area contributed by atoms with E-state index >= 15 is 0 Å². The fraction of sp³-hybridized carbons (Fsp3) is 0. The van der Waals surface area contributed by atoms with Gasteiger partial charge in [-0.25, -0.2) is 0 Å². The van der Waals surface area contributed by atoms with Gasteiger partial charge in [0.1, 0.15) is 0 Å². The van der Waals surface area contributed by atoms with Crippen molar-refractivity contribution in [2.45, 2.75) is 0 Å². The smallest absolute Gasteiger partial charge is 0.0490 e. The van der Waals surface area contributed by atoms with E-state index in [0.29, 0.717) is 0 Å². The van der Waals surface area contributed by atoms with Gasteiger partial charge in [0.05, 0.1) is 0 Å². The predicted octanol–water partition coefficient (Wildman–Crippen LogP) is 5.86. The molecule has 4 rings (SSSR count). The van der Waals surface area contributed by atoms with Gasteiger partial charge in [0, 0.05) is 10.4 Å². The van der Waals surface area contributed by atoms with Crippen LogP contribution in [0.1, 0.15) is 0 Å². The van der Waals surface area contributed by atoms with E-state index in [4.69, 9.17) is 11.6 Å². The Hall–Kier alpha value is -1.62. The van der Waals surface area contributed by atoms with Crippen LogP contribution in [-0.4, -0.2) is 0 Å². The predicted molar refractivity (Wildman–Crippen MR) is 95.1 cm³/mol. The summed E-state index contributed by atoms with van der Waals surface area (Å²) in [6.45, 7) is 0. The summed E-state index contributed by atoms with van der Waals surface area (Å²) in [6.07, 6.45) is 0. The van der Waals surface area contributed by atoms with E-state index in [1.807, 2.05) is 12.1 Å². The van der Waals surface area contributed by atoms with E-state index in [2.05, 4.69) is 54.6 Å². The fourth-order valence-corrected chi connectivity index (χ4v) is 3.04. The molecule has 2 heteroatoms. The maximum Gasteiger partial charge on any atom is 0.0490 e. The SMILES string of the molecule is Clc1cccc2ccc3cc4ccccc4cc3c12.P. The van der Waals surface area contributed by atoms with E-state index < -0.39 is 0 Å². The Labute approximate surface area is 126 Å². The molecule has 1 unspecified atom stereocenters. The van der Waals surface area contributed by atoms with Crippen molar-refractivity contribution in [2.75, 3.05) is 0 Å². The van der Waals surface area contributed by atoms with Crippen LogP contribution < -0.4 is 0 Å². The molecule has 0 amide bonds. The molecule has 1 atom stereocenters. The van der Waals surface area contributed by atoms with E-state index in [9.17, 15) is 0 Å². The lowest BCUT2D eigenvalue weighted by Gasteiger charge is -2.07. The van der Waals surface area contributed by atoms with E-state index in [-0.39, 0.29) is 9.90 Å². The molecule has 0 N–H and O–H groups in total. The van der Waals surface area contributed by atoms with Crippen molar-refractivity contribution in [1.29, 1.82) is 0 Å². The first-order chi connectivity index (χ1) is 9.33. The molecule has 20 heavy (non-hydrogen) atoms.